The SMILES string of the molecule is CCC[C@@H](C)[C@H]1CCC2[C@H]3C(CC[C@@]21C)[C@@]1(C)CC[C@@H](O)C[C@H]1[C@@H](CC)[C@H]3O.CC[C@H]1C(=O)C2C3CC[C@H]([C@H](C)CCC(=O)O)[C@@]3(C)CCC2[C@@]2(C)CC[C@@H](O)C[C@@H]12. The number of carboxylic acids is 1. The molecular formula is C52H88O6. The van der Waals surface area contributed by atoms with Crippen LogP contribution in [0, 0.1) is 105 Å². The maximum atomic E-state index is 13.9. The number of carbonyl (C=O) groups is 2. The maximum absolute atomic E-state index is 13.9. The molecule has 0 aliphatic heterocycles. The maximum Gasteiger partial charge on any atom is 0.303 e. The van der Waals surface area contributed by atoms with E-state index in [1.165, 1.54) is 51.4 Å². The number of hydrogen-bond acceptors (Lipinski definition) is 5. The average molecular weight is 809 g/mol. The molecule has 8 fully saturated rings. The average Bonchev–Trinajstić information content (AvgIpc) is 3.73. The quantitative estimate of drug-likeness (QED) is 0.184. The van der Waals surface area contributed by atoms with Crippen LogP contribution in [0.25, 0.3) is 0 Å². The van der Waals surface area contributed by atoms with Crippen LogP contribution in [-0.2, 0) is 9.59 Å². The van der Waals surface area contributed by atoms with Gasteiger partial charge in [-0.15, -0.1) is 0 Å². The van der Waals surface area contributed by atoms with Crippen molar-refractivity contribution in [2.24, 2.45) is 105 Å². The third-order valence-electron chi connectivity index (χ3n) is 21.6. The zero-order valence-electron chi connectivity index (χ0n) is 38.6. The Balaban J connectivity index is 0.000000177. The largest absolute Gasteiger partial charge is 0.481 e. The predicted octanol–water partition coefficient (Wildman–Crippen LogP) is 11.4. The zero-order valence-corrected chi connectivity index (χ0v) is 38.6. The number of fused-ring (bicyclic) bond motifs is 10. The predicted molar refractivity (Wildman–Crippen MR) is 233 cm³/mol. The molecule has 8 rings (SSSR count). The van der Waals surface area contributed by atoms with Crippen molar-refractivity contribution in [1.82, 2.24) is 0 Å². The number of rotatable bonds is 9. The summed E-state index contributed by atoms with van der Waals surface area (Å²) >= 11 is 0. The Morgan fingerprint density at radius 1 is 0.621 bits per heavy atom. The van der Waals surface area contributed by atoms with E-state index in [-0.39, 0.29) is 47.4 Å². The van der Waals surface area contributed by atoms with Gasteiger partial charge in [0.15, 0.2) is 0 Å². The van der Waals surface area contributed by atoms with Crippen molar-refractivity contribution in [1.29, 1.82) is 0 Å². The fourth-order valence-electron chi connectivity index (χ4n) is 18.8. The molecule has 0 aromatic heterocycles. The molecule has 21 atom stereocenters. The lowest BCUT2D eigenvalue weighted by Crippen LogP contribution is -2.62. The minimum absolute atomic E-state index is 0.108. The van der Waals surface area contributed by atoms with Crippen molar-refractivity contribution in [2.75, 3.05) is 0 Å². The highest BCUT2D eigenvalue weighted by Crippen LogP contribution is 2.71. The van der Waals surface area contributed by atoms with Crippen LogP contribution < -0.4 is 0 Å². The number of carbonyl (C=O) groups excluding carboxylic acids is 1. The van der Waals surface area contributed by atoms with E-state index < -0.39 is 5.97 Å². The fraction of sp³-hybridized carbons (Fsp3) is 0.962. The Morgan fingerprint density at radius 2 is 1.10 bits per heavy atom. The van der Waals surface area contributed by atoms with Crippen molar-refractivity contribution in [3.63, 3.8) is 0 Å². The summed E-state index contributed by atoms with van der Waals surface area (Å²) in [6, 6.07) is 0. The second-order valence-corrected chi connectivity index (χ2v) is 23.7. The van der Waals surface area contributed by atoms with Crippen LogP contribution in [-0.4, -0.2) is 50.5 Å². The van der Waals surface area contributed by atoms with Gasteiger partial charge in [-0.05, 0) is 195 Å². The van der Waals surface area contributed by atoms with Gasteiger partial charge in [0, 0.05) is 18.3 Å². The molecule has 0 spiro atoms. The zero-order chi connectivity index (χ0) is 42.1. The van der Waals surface area contributed by atoms with Crippen LogP contribution in [0.4, 0.5) is 0 Å². The molecule has 5 unspecified atom stereocenters. The number of hydrogen-bond donors (Lipinski definition) is 4. The van der Waals surface area contributed by atoms with Gasteiger partial charge in [-0.3, -0.25) is 9.59 Å². The van der Waals surface area contributed by atoms with E-state index in [9.17, 15) is 24.9 Å². The Labute approximate surface area is 354 Å². The summed E-state index contributed by atoms with van der Waals surface area (Å²) in [4.78, 5) is 25.0. The number of aliphatic carboxylic acids is 1. The molecule has 8 aliphatic rings. The molecule has 4 N–H and O–H groups in total. The Kier molecular flexibility index (Phi) is 13.2. The molecule has 6 nitrogen and oxygen atoms in total. The second kappa shape index (κ2) is 17.0. The van der Waals surface area contributed by atoms with Gasteiger partial charge in [0.25, 0.3) is 0 Å². The van der Waals surface area contributed by atoms with E-state index in [4.69, 9.17) is 5.11 Å². The lowest BCUT2D eigenvalue weighted by atomic mass is 9.41. The molecular weight excluding hydrogens is 721 g/mol. The number of Topliss-reactive ketones (excluding diaryl/α,β-unsaturated/α-hetero) is 1. The van der Waals surface area contributed by atoms with E-state index in [1.54, 1.807) is 0 Å². The van der Waals surface area contributed by atoms with Crippen molar-refractivity contribution in [3.05, 3.63) is 0 Å². The van der Waals surface area contributed by atoms with E-state index >= 15 is 0 Å². The van der Waals surface area contributed by atoms with Crippen molar-refractivity contribution >= 4 is 11.8 Å². The van der Waals surface area contributed by atoms with Crippen LogP contribution in [0.2, 0.25) is 0 Å². The van der Waals surface area contributed by atoms with Crippen LogP contribution in [0.3, 0.4) is 0 Å². The van der Waals surface area contributed by atoms with E-state index in [2.05, 4.69) is 62.3 Å². The molecule has 58 heavy (non-hydrogen) atoms. The van der Waals surface area contributed by atoms with Crippen LogP contribution in [0.15, 0.2) is 0 Å². The Bertz CT molecular complexity index is 1460. The van der Waals surface area contributed by atoms with Gasteiger partial charge in [-0.2, -0.15) is 0 Å². The number of carboxylic acid groups (broad SMARTS) is 1. The summed E-state index contributed by atoms with van der Waals surface area (Å²) in [7, 11) is 0. The third kappa shape index (κ3) is 7.23. The fourth-order valence-corrected chi connectivity index (χ4v) is 18.8. The molecule has 0 saturated heterocycles. The molecule has 0 bridgehead atoms. The molecule has 0 heterocycles. The lowest BCUT2D eigenvalue weighted by Gasteiger charge is -2.64. The number of aliphatic hydroxyl groups excluding tert-OH is 3. The van der Waals surface area contributed by atoms with Gasteiger partial charge in [0.2, 0.25) is 0 Å². The smallest absolute Gasteiger partial charge is 0.303 e. The summed E-state index contributed by atoms with van der Waals surface area (Å²) in [5, 5.41) is 41.6. The van der Waals surface area contributed by atoms with Crippen molar-refractivity contribution in [2.45, 2.75) is 209 Å². The van der Waals surface area contributed by atoms with Gasteiger partial charge in [-0.1, -0.05) is 81.6 Å². The molecule has 0 aromatic carbocycles. The number of aliphatic hydroxyl groups is 3. The van der Waals surface area contributed by atoms with E-state index in [0.717, 1.165) is 82.5 Å². The normalized spacial score (nSPS) is 51.7. The molecule has 0 aromatic rings. The van der Waals surface area contributed by atoms with Gasteiger partial charge in [0.1, 0.15) is 5.78 Å². The lowest BCUT2D eigenvalue weighted by molar-refractivity contribution is -0.203. The first-order valence-corrected chi connectivity index (χ1v) is 25.2. The summed E-state index contributed by atoms with van der Waals surface area (Å²) in [5.41, 5.74) is 1.13. The molecule has 8 aliphatic carbocycles. The van der Waals surface area contributed by atoms with Gasteiger partial charge in [-0.25, -0.2) is 0 Å². The molecule has 0 amide bonds. The summed E-state index contributed by atoms with van der Waals surface area (Å²) in [6.45, 7) is 21.5. The highest BCUT2D eigenvalue weighted by molar-refractivity contribution is 5.86. The minimum atomic E-state index is -0.697. The summed E-state index contributed by atoms with van der Waals surface area (Å²) < 4.78 is 0. The highest BCUT2D eigenvalue weighted by Gasteiger charge is 2.66. The second-order valence-electron chi connectivity index (χ2n) is 23.7. The first kappa shape index (κ1) is 45.1. The molecule has 0 radical (unpaired) electrons. The standard InChI is InChI=1S/C26H42O4.C26H46O2/c1-5-17-21-14-16(27)10-12-26(21,4)20-11-13-25(3)18(15(2)6-9-22(28)29)7-8-19(25)23(20)24(17)30;1-6-8-16(3)19-9-10-20-23-21(12-14-25(19,20)4)26(5)13-11-17(27)15-22(26)18(7-2)24(23)28/h15-21,23,27H,5-14H2,1-4H3,(H,28,29);16-24,27-28H,6-15H2,1-5H3/t15-,16-,17-,18-,19?,20?,21+,23?,25-,26-;16-,17-,18-,19-,20?,21?,22+,23+,24-,25-,26-/m11/s1. The summed E-state index contributed by atoms with van der Waals surface area (Å²) in [5.74, 6) is 6.77. The Hall–Kier alpha value is -0.980. The third-order valence-corrected chi connectivity index (χ3v) is 21.6. The molecule has 332 valence electrons. The summed E-state index contributed by atoms with van der Waals surface area (Å²) in [6.07, 6.45) is 20.9. The molecule has 8 saturated carbocycles. The van der Waals surface area contributed by atoms with Crippen molar-refractivity contribution < 1.29 is 30.0 Å². The van der Waals surface area contributed by atoms with E-state index in [1.807, 2.05) is 0 Å². The van der Waals surface area contributed by atoms with Gasteiger partial charge >= 0.3 is 5.97 Å². The monoisotopic (exact) mass is 809 g/mol. The van der Waals surface area contributed by atoms with Crippen LogP contribution in [0.5, 0.6) is 0 Å². The molecule has 6 heteroatoms. The minimum Gasteiger partial charge on any atom is -0.481 e. The Morgan fingerprint density at radius 3 is 1.67 bits per heavy atom. The number of ketones is 1. The topological polar surface area (TPSA) is 115 Å². The van der Waals surface area contributed by atoms with Gasteiger partial charge < -0.3 is 20.4 Å². The van der Waals surface area contributed by atoms with Crippen molar-refractivity contribution in [3.8, 4) is 0 Å². The van der Waals surface area contributed by atoms with E-state index in [0.29, 0.717) is 75.8 Å². The first-order valence-electron chi connectivity index (χ1n) is 25.2. The highest BCUT2D eigenvalue weighted by atomic mass is 16.4. The first-order chi connectivity index (χ1) is 27.4. The van der Waals surface area contributed by atoms with Gasteiger partial charge in [0.05, 0.1) is 18.3 Å². The van der Waals surface area contributed by atoms with Crippen LogP contribution in [0.1, 0.15) is 191 Å². The van der Waals surface area contributed by atoms with Crippen LogP contribution >= 0.6 is 0 Å².